The molecule has 0 radical (unpaired) electrons. The molecule has 1 aromatic rings. The van der Waals surface area contributed by atoms with Crippen molar-refractivity contribution in [2.75, 3.05) is 33.2 Å². The van der Waals surface area contributed by atoms with Gasteiger partial charge in [-0.05, 0) is 39.4 Å². The molecule has 0 atom stereocenters. The molecule has 17 heavy (non-hydrogen) atoms. The first-order valence-electron chi connectivity index (χ1n) is 6.44. The lowest BCUT2D eigenvalue weighted by atomic mass is 10.1. The SMILES string of the molecule is CCNCCN(C)CCc1c(C)nn(C)c1C. The van der Waals surface area contributed by atoms with Crippen molar-refractivity contribution in [1.29, 1.82) is 0 Å². The fourth-order valence-corrected chi connectivity index (χ4v) is 2.04. The fraction of sp³-hybridized carbons (Fsp3) is 0.769. The Morgan fingerprint density at radius 1 is 1.29 bits per heavy atom. The summed E-state index contributed by atoms with van der Waals surface area (Å²) in [5.74, 6) is 0. The second-order valence-corrected chi connectivity index (χ2v) is 4.68. The molecule has 1 rings (SSSR count). The van der Waals surface area contributed by atoms with Crippen molar-refractivity contribution < 1.29 is 0 Å². The van der Waals surface area contributed by atoms with E-state index in [2.05, 4.69) is 43.1 Å². The Kier molecular flexibility index (Phi) is 5.65. The Hall–Kier alpha value is -0.870. The van der Waals surface area contributed by atoms with Gasteiger partial charge >= 0.3 is 0 Å². The number of hydrogen-bond donors (Lipinski definition) is 1. The third kappa shape index (κ3) is 4.13. The van der Waals surface area contributed by atoms with E-state index in [1.165, 1.54) is 17.0 Å². The highest BCUT2D eigenvalue weighted by Gasteiger charge is 2.09. The molecular weight excluding hydrogens is 212 g/mol. The quantitative estimate of drug-likeness (QED) is 0.723. The predicted molar refractivity (Wildman–Crippen MR) is 72.4 cm³/mol. The molecule has 0 aliphatic rings. The van der Waals surface area contributed by atoms with Crippen LogP contribution in [-0.2, 0) is 13.5 Å². The maximum Gasteiger partial charge on any atom is 0.0628 e. The van der Waals surface area contributed by atoms with Gasteiger partial charge in [0.15, 0.2) is 0 Å². The molecule has 1 heterocycles. The van der Waals surface area contributed by atoms with Gasteiger partial charge in [0, 0.05) is 32.4 Å². The average molecular weight is 238 g/mol. The van der Waals surface area contributed by atoms with Crippen LogP contribution in [0.5, 0.6) is 0 Å². The minimum Gasteiger partial charge on any atom is -0.316 e. The van der Waals surface area contributed by atoms with E-state index in [4.69, 9.17) is 0 Å². The van der Waals surface area contributed by atoms with Crippen molar-refractivity contribution >= 4 is 0 Å². The summed E-state index contributed by atoms with van der Waals surface area (Å²) in [5.41, 5.74) is 3.87. The second-order valence-electron chi connectivity index (χ2n) is 4.68. The van der Waals surface area contributed by atoms with Gasteiger partial charge in [-0.1, -0.05) is 6.92 Å². The highest BCUT2D eigenvalue weighted by Crippen LogP contribution is 2.12. The zero-order valence-electron chi connectivity index (χ0n) is 11.9. The molecule has 0 aliphatic carbocycles. The van der Waals surface area contributed by atoms with E-state index in [1.807, 2.05) is 11.7 Å². The Morgan fingerprint density at radius 3 is 2.53 bits per heavy atom. The van der Waals surface area contributed by atoms with Crippen molar-refractivity contribution in [3.05, 3.63) is 17.0 Å². The molecule has 0 amide bonds. The number of rotatable bonds is 7. The first kappa shape index (κ1) is 14.2. The van der Waals surface area contributed by atoms with Crippen molar-refractivity contribution in [3.63, 3.8) is 0 Å². The van der Waals surface area contributed by atoms with Crippen LogP contribution in [0.4, 0.5) is 0 Å². The lowest BCUT2D eigenvalue weighted by Gasteiger charge is -2.16. The summed E-state index contributed by atoms with van der Waals surface area (Å²) in [6.07, 6.45) is 1.09. The topological polar surface area (TPSA) is 33.1 Å². The van der Waals surface area contributed by atoms with E-state index in [0.717, 1.165) is 32.6 Å². The van der Waals surface area contributed by atoms with Gasteiger partial charge in [0.1, 0.15) is 0 Å². The molecule has 4 heteroatoms. The lowest BCUT2D eigenvalue weighted by molar-refractivity contribution is 0.336. The number of aromatic nitrogens is 2. The number of nitrogens with zero attached hydrogens (tertiary/aromatic N) is 3. The van der Waals surface area contributed by atoms with Crippen molar-refractivity contribution in [3.8, 4) is 0 Å². The van der Waals surface area contributed by atoms with E-state index in [9.17, 15) is 0 Å². The number of hydrogen-bond acceptors (Lipinski definition) is 3. The Balaban J connectivity index is 2.39. The van der Waals surface area contributed by atoms with E-state index in [0.29, 0.717) is 0 Å². The maximum atomic E-state index is 4.45. The van der Waals surface area contributed by atoms with Crippen LogP contribution in [-0.4, -0.2) is 47.9 Å². The molecule has 1 aromatic heterocycles. The molecule has 98 valence electrons. The molecule has 1 N–H and O–H groups in total. The van der Waals surface area contributed by atoms with Gasteiger partial charge in [-0.25, -0.2) is 0 Å². The first-order valence-corrected chi connectivity index (χ1v) is 6.44. The third-order valence-electron chi connectivity index (χ3n) is 3.32. The summed E-state index contributed by atoms with van der Waals surface area (Å²) in [6.45, 7) is 10.7. The summed E-state index contributed by atoms with van der Waals surface area (Å²) >= 11 is 0. The molecule has 0 bridgehead atoms. The van der Waals surface area contributed by atoms with Crippen LogP contribution in [0, 0.1) is 13.8 Å². The van der Waals surface area contributed by atoms with E-state index >= 15 is 0 Å². The zero-order valence-corrected chi connectivity index (χ0v) is 11.9. The van der Waals surface area contributed by atoms with Crippen LogP contribution in [0.1, 0.15) is 23.9 Å². The van der Waals surface area contributed by atoms with E-state index in [-0.39, 0.29) is 0 Å². The Morgan fingerprint density at radius 2 is 2.00 bits per heavy atom. The Bertz CT molecular complexity index is 343. The number of aryl methyl sites for hydroxylation is 2. The molecule has 0 saturated heterocycles. The largest absolute Gasteiger partial charge is 0.316 e. The van der Waals surface area contributed by atoms with Crippen LogP contribution >= 0.6 is 0 Å². The first-order chi connectivity index (χ1) is 8.06. The summed E-state index contributed by atoms with van der Waals surface area (Å²) in [6, 6.07) is 0. The minimum atomic E-state index is 1.05. The molecular formula is C13H26N4. The smallest absolute Gasteiger partial charge is 0.0628 e. The van der Waals surface area contributed by atoms with Crippen LogP contribution < -0.4 is 5.32 Å². The molecule has 0 spiro atoms. The Labute approximate surface area is 105 Å². The average Bonchev–Trinajstić information content (AvgIpc) is 2.51. The minimum absolute atomic E-state index is 1.05. The highest BCUT2D eigenvalue weighted by molar-refractivity contribution is 5.24. The monoisotopic (exact) mass is 238 g/mol. The standard InChI is InChI=1S/C13H26N4/c1-6-14-8-10-16(4)9-7-13-11(2)15-17(5)12(13)3/h14H,6-10H2,1-5H3. The molecule has 4 nitrogen and oxygen atoms in total. The lowest BCUT2D eigenvalue weighted by Crippen LogP contribution is -2.30. The van der Waals surface area contributed by atoms with Crippen molar-refractivity contribution in [2.24, 2.45) is 7.05 Å². The van der Waals surface area contributed by atoms with Gasteiger partial charge in [-0.2, -0.15) is 5.10 Å². The van der Waals surface area contributed by atoms with E-state index in [1.54, 1.807) is 0 Å². The van der Waals surface area contributed by atoms with Gasteiger partial charge in [0.25, 0.3) is 0 Å². The summed E-state index contributed by atoms with van der Waals surface area (Å²) in [4.78, 5) is 2.37. The maximum absolute atomic E-state index is 4.45. The fourth-order valence-electron chi connectivity index (χ4n) is 2.04. The summed E-state index contributed by atoms with van der Waals surface area (Å²) < 4.78 is 1.98. The normalized spacial score (nSPS) is 11.4. The van der Waals surface area contributed by atoms with Crippen LogP contribution in [0.3, 0.4) is 0 Å². The van der Waals surface area contributed by atoms with Gasteiger partial charge in [0.2, 0.25) is 0 Å². The predicted octanol–water partition coefficient (Wildman–Crippen LogP) is 1.12. The second kappa shape index (κ2) is 6.77. The highest BCUT2D eigenvalue weighted by atomic mass is 15.3. The third-order valence-corrected chi connectivity index (χ3v) is 3.32. The van der Waals surface area contributed by atoms with Gasteiger partial charge < -0.3 is 10.2 Å². The van der Waals surface area contributed by atoms with Crippen LogP contribution in [0.25, 0.3) is 0 Å². The van der Waals surface area contributed by atoms with Gasteiger partial charge in [0.05, 0.1) is 5.69 Å². The summed E-state index contributed by atoms with van der Waals surface area (Å²) in [7, 11) is 4.19. The summed E-state index contributed by atoms with van der Waals surface area (Å²) in [5, 5.41) is 7.80. The molecule has 0 aromatic carbocycles. The molecule has 0 fully saturated rings. The van der Waals surface area contributed by atoms with Crippen LogP contribution in [0.15, 0.2) is 0 Å². The number of likely N-dealkylation sites (N-methyl/N-ethyl adjacent to an activating group) is 2. The van der Waals surface area contributed by atoms with Crippen LogP contribution in [0.2, 0.25) is 0 Å². The zero-order chi connectivity index (χ0) is 12.8. The van der Waals surface area contributed by atoms with E-state index < -0.39 is 0 Å². The van der Waals surface area contributed by atoms with Crippen molar-refractivity contribution in [2.45, 2.75) is 27.2 Å². The molecule has 0 saturated carbocycles. The van der Waals surface area contributed by atoms with Crippen molar-refractivity contribution in [1.82, 2.24) is 20.0 Å². The molecule has 0 aliphatic heterocycles. The molecule has 0 unspecified atom stereocenters. The number of nitrogens with one attached hydrogen (secondary N) is 1. The van der Waals surface area contributed by atoms with Gasteiger partial charge in [-0.3, -0.25) is 4.68 Å². The van der Waals surface area contributed by atoms with Gasteiger partial charge in [-0.15, -0.1) is 0 Å².